The number of rotatable bonds is 4. The van der Waals surface area contributed by atoms with Crippen LogP contribution in [-0.4, -0.2) is 27.0 Å². The molecule has 7 nitrogen and oxygen atoms in total. The normalized spacial score (nSPS) is 12.4. The summed E-state index contributed by atoms with van der Waals surface area (Å²) in [6, 6.07) is 11.0. The van der Waals surface area contributed by atoms with Gasteiger partial charge in [-0.1, -0.05) is 40.4 Å². The molecule has 0 aliphatic carbocycles. The third-order valence-electron chi connectivity index (χ3n) is 3.52. The SMILES string of the molecule is Clc1cccc(-n2nnnc2NCc2ccc3c(c2)OCO3)c1Cl. The molecule has 0 atom stereocenters. The molecule has 0 radical (unpaired) electrons. The summed E-state index contributed by atoms with van der Waals surface area (Å²) in [6.07, 6.45) is 0. The molecule has 2 heterocycles. The second-order valence-corrected chi connectivity index (χ2v) is 5.81. The van der Waals surface area contributed by atoms with Crippen LogP contribution in [-0.2, 0) is 6.54 Å². The number of nitrogens with zero attached hydrogens (tertiary/aromatic N) is 4. The Hall–Kier alpha value is -2.51. The minimum atomic E-state index is 0.248. The van der Waals surface area contributed by atoms with Crippen LogP contribution in [0.5, 0.6) is 11.5 Å². The Balaban J connectivity index is 1.56. The molecule has 122 valence electrons. The quantitative estimate of drug-likeness (QED) is 0.766. The second kappa shape index (κ2) is 6.18. The minimum absolute atomic E-state index is 0.248. The number of hydrogen-bond donors (Lipinski definition) is 1. The van der Waals surface area contributed by atoms with E-state index in [1.807, 2.05) is 18.2 Å². The van der Waals surface area contributed by atoms with Gasteiger partial charge in [0, 0.05) is 6.54 Å². The molecular weight excluding hydrogens is 353 g/mol. The van der Waals surface area contributed by atoms with Crippen LogP contribution in [0.25, 0.3) is 5.69 Å². The molecule has 0 saturated carbocycles. The van der Waals surface area contributed by atoms with Crippen LogP contribution >= 0.6 is 23.2 Å². The van der Waals surface area contributed by atoms with Gasteiger partial charge in [-0.25, -0.2) is 0 Å². The zero-order chi connectivity index (χ0) is 16.5. The summed E-state index contributed by atoms with van der Waals surface area (Å²) >= 11 is 12.3. The maximum atomic E-state index is 6.23. The molecule has 1 N–H and O–H groups in total. The lowest BCUT2D eigenvalue weighted by atomic mass is 10.2. The highest BCUT2D eigenvalue weighted by atomic mass is 35.5. The smallest absolute Gasteiger partial charge is 0.248 e. The van der Waals surface area contributed by atoms with Crippen LogP contribution in [0.2, 0.25) is 10.0 Å². The largest absolute Gasteiger partial charge is 0.454 e. The zero-order valence-corrected chi connectivity index (χ0v) is 13.8. The summed E-state index contributed by atoms with van der Waals surface area (Å²) in [5.41, 5.74) is 1.60. The number of aromatic nitrogens is 4. The average Bonchev–Trinajstić information content (AvgIpc) is 3.23. The van der Waals surface area contributed by atoms with E-state index in [0.29, 0.717) is 28.2 Å². The summed E-state index contributed by atoms with van der Waals surface area (Å²) in [7, 11) is 0. The van der Waals surface area contributed by atoms with Gasteiger partial charge in [0.15, 0.2) is 11.5 Å². The molecule has 0 bridgehead atoms. The van der Waals surface area contributed by atoms with Gasteiger partial charge < -0.3 is 14.8 Å². The fourth-order valence-electron chi connectivity index (χ4n) is 2.35. The van der Waals surface area contributed by atoms with E-state index >= 15 is 0 Å². The van der Waals surface area contributed by atoms with Crippen molar-refractivity contribution in [1.82, 2.24) is 20.2 Å². The lowest BCUT2D eigenvalue weighted by molar-refractivity contribution is 0.174. The molecule has 0 spiro atoms. The predicted octanol–water partition coefficient (Wildman–Crippen LogP) is 3.31. The first kappa shape index (κ1) is 15.0. The predicted molar refractivity (Wildman–Crippen MR) is 89.1 cm³/mol. The lowest BCUT2D eigenvalue weighted by Crippen LogP contribution is -2.08. The number of ether oxygens (including phenoxy) is 2. The molecule has 0 fully saturated rings. The Bertz CT molecular complexity index is 899. The Morgan fingerprint density at radius 3 is 2.92 bits per heavy atom. The van der Waals surface area contributed by atoms with E-state index in [-0.39, 0.29) is 6.79 Å². The lowest BCUT2D eigenvalue weighted by Gasteiger charge is -2.09. The standard InChI is InChI=1S/C15H11Cl2N5O2/c16-10-2-1-3-11(14(10)17)22-15(19-20-21-22)18-7-9-4-5-12-13(6-9)24-8-23-12/h1-6H,7-8H2,(H,18,19,21). The fourth-order valence-corrected chi connectivity index (χ4v) is 2.72. The Morgan fingerprint density at radius 2 is 2.00 bits per heavy atom. The Morgan fingerprint density at radius 1 is 1.12 bits per heavy atom. The molecule has 0 saturated heterocycles. The summed E-state index contributed by atoms with van der Waals surface area (Å²) in [4.78, 5) is 0. The van der Waals surface area contributed by atoms with Gasteiger partial charge in [-0.05, 0) is 40.3 Å². The van der Waals surface area contributed by atoms with Crippen LogP contribution < -0.4 is 14.8 Å². The zero-order valence-electron chi connectivity index (χ0n) is 12.2. The number of halogens is 2. The third kappa shape index (κ3) is 2.72. The molecule has 2 aromatic carbocycles. The van der Waals surface area contributed by atoms with E-state index in [4.69, 9.17) is 32.7 Å². The molecule has 0 unspecified atom stereocenters. The molecule has 1 aliphatic heterocycles. The van der Waals surface area contributed by atoms with Crippen molar-refractivity contribution >= 4 is 29.2 Å². The van der Waals surface area contributed by atoms with E-state index < -0.39 is 0 Å². The van der Waals surface area contributed by atoms with Gasteiger partial charge >= 0.3 is 0 Å². The molecular formula is C15H11Cl2N5O2. The number of anilines is 1. The molecule has 0 amide bonds. The molecule has 3 aromatic rings. The van der Waals surface area contributed by atoms with Gasteiger partial charge in [-0.15, -0.1) is 0 Å². The summed E-state index contributed by atoms with van der Waals surface area (Å²) in [6.45, 7) is 0.757. The second-order valence-electron chi connectivity index (χ2n) is 5.03. The van der Waals surface area contributed by atoms with Crippen LogP contribution in [0.15, 0.2) is 36.4 Å². The molecule has 1 aliphatic rings. The highest BCUT2D eigenvalue weighted by Crippen LogP contribution is 2.33. The highest BCUT2D eigenvalue weighted by Gasteiger charge is 2.15. The number of benzene rings is 2. The van der Waals surface area contributed by atoms with Crippen molar-refractivity contribution in [2.45, 2.75) is 6.54 Å². The van der Waals surface area contributed by atoms with Crippen molar-refractivity contribution in [3.05, 3.63) is 52.0 Å². The van der Waals surface area contributed by atoms with Crippen LogP contribution in [0.3, 0.4) is 0 Å². The van der Waals surface area contributed by atoms with Crippen molar-refractivity contribution in [2.24, 2.45) is 0 Å². The topological polar surface area (TPSA) is 74.1 Å². The van der Waals surface area contributed by atoms with Crippen molar-refractivity contribution in [3.63, 3.8) is 0 Å². The maximum Gasteiger partial charge on any atom is 0.248 e. The first-order valence-electron chi connectivity index (χ1n) is 7.07. The molecule has 24 heavy (non-hydrogen) atoms. The average molecular weight is 364 g/mol. The van der Waals surface area contributed by atoms with E-state index in [9.17, 15) is 0 Å². The Labute approximate surface area is 147 Å². The van der Waals surface area contributed by atoms with Crippen LogP contribution in [0.1, 0.15) is 5.56 Å². The number of nitrogens with one attached hydrogen (secondary N) is 1. The monoisotopic (exact) mass is 363 g/mol. The van der Waals surface area contributed by atoms with Crippen LogP contribution in [0, 0.1) is 0 Å². The first-order chi connectivity index (χ1) is 11.7. The van der Waals surface area contributed by atoms with Crippen LogP contribution in [0.4, 0.5) is 5.95 Å². The molecule has 1 aromatic heterocycles. The van der Waals surface area contributed by atoms with Gasteiger partial charge in [-0.3, -0.25) is 0 Å². The third-order valence-corrected chi connectivity index (χ3v) is 4.33. The minimum Gasteiger partial charge on any atom is -0.454 e. The van der Waals surface area contributed by atoms with Gasteiger partial charge in [0.05, 0.1) is 15.7 Å². The highest BCUT2D eigenvalue weighted by molar-refractivity contribution is 6.43. The first-order valence-corrected chi connectivity index (χ1v) is 7.83. The summed E-state index contributed by atoms with van der Waals surface area (Å²) in [5, 5.41) is 15.6. The fraction of sp³-hybridized carbons (Fsp3) is 0.133. The Kier molecular flexibility index (Phi) is 3.87. The van der Waals surface area contributed by atoms with Gasteiger partial charge in [0.25, 0.3) is 0 Å². The van der Waals surface area contributed by atoms with Gasteiger partial charge in [0.1, 0.15) is 0 Å². The van der Waals surface area contributed by atoms with E-state index in [1.54, 1.807) is 18.2 Å². The number of tetrazole rings is 1. The van der Waals surface area contributed by atoms with Crippen molar-refractivity contribution in [3.8, 4) is 17.2 Å². The summed E-state index contributed by atoms with van der Waals surface area (Å²) in [5.74, 6) is 1.93. The maximum absolute atomic E-state index is 6.23. The van der Waals surface area contributed by atoms with Crippen molar-refractivity contribution in [1.29, 1.82) is 0 Å². The number of fused-ring (bicyclic) bond motifs is 1. The van der Waals surface area contributed by atoms with E-state index in [0.717, 1.165) is 17.1 Å². The molecule has 4 rings (SSSR count). The van der Waals surface area contributed by atoms with Crippen molar-refractivity contribution < 1.29 is 9.47 Å². The van der Waals surface area contributed by atoms with E-state index in [1.165, 1.54) is 4.68 Å². The summed E-state index contributed by atoms with van der Waals surface area (Å²) < 4.78 is 12.2. The molecule has 9 heteroatoms. The van der Waals surface area contributed by atoms with Gasteiger partial charge in [-0.2, -0.15) is 4.68 Å². The number of hydrogen-bond acceptors (Lipinski definition) is 6. The van der Waals surface area contributed by atoms with E-state index in [2.05, 4.69) is 20.8 Å². The van der Waals surface area contributed by atoms with Gasteiger partial charge in [0.2, 0.25) is 12.7 Å². The van der Waals surface area contributed by atoms with Crippen molar-refractivity contribution in [2.75, 3.05) is 12.1 Å².